The molecule has 0 aromatic rings. The van der Waals surface area contributed by atoms with Crippen LogP contribution in [0.2, 0.25) is 0 Å². The summed E-state index contributed by atoms with van der Waals surface area (Å²) in [6, 6.07) is 0.326. The zero-order chi connectivity index (χ0) is 17.4. The average Bonchev–Trinajstić information content (AvgIpc) is 2.57. The zero-order valence-corrected chi connectivity index (χ0v) is 18.4. The summed E-state index contributed by atoms with van der Waals surface area (Å²) in [5.41, 5.74) is 0.0319. The number of hydrogen-bond acceptors (Lipinski definition) is 4. The highest BCUT2D eigenvalue weighted by molar-refractivity contribution is 14.0. The molecule has 1 atom stereocenters. The van der Waals surface area contributed by atoms with Crippen molar-refractivity contribution in [3.63, 3.8) is 0 Å². The monoisotopic (exact) mass is 482 g/mol. The van der Waals surface area contributed by atoms with E-state index in [0.29, 0.717) is 18.5 Å². The van der Waals surface area contributed by atoms with Crippen LogP contribution in [0, 0.1) is 0 Å². The van der Waals surface area contributed by atoms with Gasteiger partial charge in [-0.1, -0.05) is 6.08 Å². The lowest BCUT2D eigenvalue weighted by Crippen LogP contribution is -2.52. The molecule has 0 saturated carbocycles. The third kappa shape index (κ3) is 7.34. The van der Waals surface area contributed by atoms with Crippen LogP contribution in [0.4, 0.5) is 0 Å². The minimum atomic E-state index is -0.0116. The quantitative estimate of drug-likeness (QED) is 0.271. The second kappa shape index (κ2) is 11.3. The third-order valence-corrected chi connectivity index (χ3v) is 5.51. The molecule has 8 heteroatoms. The van der Waals surface area contributed by atoms with E-state index in [0.717, 1.165) is 32.3 Å². The van der Waals surface area contributed by atoms with E-state index in [1.807, 2.05) is 11.8 Å². The van der Waals surface area contributed by atoms with Crippen LogP contribution in [0.15, 0.2) is 17.6 Å². The van der Waals surface area contributed by atoms with E-state index in [9.17, 15) is 4.79 Å². The first-order chi connectivity index (χ1) is 11.5. The summed E-state index contributed by atoms with van der Waals surface area (Å²) in [5, 5.41) is 6.70. The molecule has 0 aromatic carbocycles. The van der Waals surface area contributed by atoms with Crippen LogP contribution in [0.25, 0.3) is 0 Å². The van der Waals surface area contributed by atoms with Gasteiger partial charge >= 0.3 is 0 Å². The van der Waals surface area contributed by atoms with Crippen molar-refractivity contribution in [1.29, 1.82) is 0 Å². The number of carbonyl (C=O) groups excluding carboxylic acids is 1. The normalized spacial score (nSPS) is 22.6. The van der Waals surface area contributed by atoms with Crippen LogP contribution >= 0.6 is 35.7 Å². The fraction of sp³-hybridized carbons (Fsp3) is 0.765. The summed E-state index contributed by atoms with van der Waals surface area (Å²) in [4.78, 5) is 17.8. The Morgan fingerprint density at radius 3 is 2.80 bits per heavy atom. The Hall–Kier alpha value is -0.480. The van der Waals surface area contributed by atoms with Gasteiger partial charge in [-0.25, -0.2) is 4.99 Å². The maximum Gasteiger partial charge on any atom is 0.243 e. The predicted molar refractivity (Wildman–Crippen MR) is 116 cm³/mol. The van der Waals surface area contributed by atoms with Crippen LogP contribution in [0.3, 0.4) is 0 Å². The van der Waals surface area contributed by atoms with Gasteiger partial charge in [-0.2, -0.15) is 11.8 Å². The molecule has 0 aromatic heterocycles. The van der Waals surface area contributed by atoms with E-state index in [2.05, 4.69) is 22.2 Å². The number of amides is 1. The van der Waals surface area contributed by atoms with E-state index in [1.165, 1.54) is 11.5 Å². The Labute approximate surface area is 172 Å². The number of thioether (sulfide) groups is 1. The highest BCUT2D eigenvalue weighted by atomic mass is 127. The summed E-state index contributed by atoms with van der Waals surface area (Å²) in [7, 11) is 3.48. The van der Waals surface area contributed by atoms with E-state index < -0.39 is 0 Å². The largest absolute Gasteiger partial charge is 0.375 e. The number of carbonyl (C=O) groups is 1. The first kappa shape index (κ1) is 22.6. The van der Waals surface area contributed by atoms with Crippen molar-refractivity contribution in [1.82, 2.24) is 15.5 Å². The Balaban J connectivity index is 0.00000312. The molecule has 0 radical (unpaired) electrons. The molecule has 2 aliphatic heterocycles. The number of likely N-dealkylation sites (N-methyl/N-ethyl adjacent to an activating group) is 1. The molecule has 2 rings (SSSR count). The van der Waals surface area contributed by atoms with Gasteiger partial charge in [0, 0.05) is 33.3 Å². The first-order valence-electron chi connectivity index (χ1n) is 8.62. The van der Waals surface area contributed by atoms with Crippen molar-refractivity contribution >= 4 is 47.6 Å². The van der Waals surface area contributed by atoms with Crippen molar-refractivity contribution in [2.75, 3.05) is 45.3 Å². The molecule has 1 amide bonds. The van der Waals surface area contributed by atoms with Gasteiger partial charge in [0.2, 0.25) is 5.91 Å². The number of rotatable bonds is 5. The van der Waals surface area contributed by atoms with E-state index in [1.54, 1.807) is 25.1 Å². The molecule has 0 aliphatic carbocycles. The summed E-state index contributed by atoms with van der Waals surface area (Å²) >= 11 is 2.01. The number of ether oxygens (including phenoxy) is 1. The maximum absolute atomic E-state index is 11.8. The third-order valence-electron chi connectivity index (χ3n) is 4.52. The van der Waals surface area contributed by atoms with Crippen molar-refractivity contribution in [3.05, 3.63) is 12.7 Å². The minimum absolute atomic E-state index is 0. The van der Waals surface area contributed by atoms with Crippen molar-refractivity contribution in [3.8, 4) is 0 Å². The average molecular weight is 482 g/mol. The Morgan fingerprint density at radius 1 is 1.44 bits per heavy atom. The Kier molecular flexibility index (Phi) is 10.2. The second-order valence-electron chi connectivity index (χ2n) is 6.60. The van der Waals surface area contributed by atoms with Crippen molar-refractivity contribution < 1.29 is 9.53 Å². The smallest absolute Gasteiger partial charge is 0.243 e. The number of hydrogen-bond donors (Lipinski definition) is 2. The molecule has 144 valence electrons. The lowest BCUT2D eigenvalue weighted by Gasteiger charge is -2.43. The summed E-state index contributed by atoms with van der Waals surface area (Å²) in [6.07, 6.45) is 6.01. The molecule has 2 saturated heterocycles. The topological polar surface area (TPSA) is 66.0 Å². The van der Waals surface area contributed by atoms with Gasteiger partial charge in [-0.3, -0.25) is 4.79 Å². The standard InChI is InChI=1S/C17H30N4O2S.HI/c1-4-8-18-16(19-13-15(22)21(2)3)20-14-5-9-23-17(12-14)6-10-24-11-7-17;/h4,14H,1,5-13H2,2-3H3,(H2,18,19,20);1H. The fourth-order valence-corrected chi connectivity index (χ4v) is 4.28. The first-order valence-corrected chi connectivity index (χ1v) is 9.78. The van der Waals surface area contributed by atoms with Gasteiger partial charge in [0.25, 0.3) is 0 Å². The number of halogens is 1. The number of aliphatic imine (C=N–C) groups is 1. The van der Waals surface area contributed by atoms with Gasteiger partial charge in [0.05, 0.1) is 5.60 Å². The van der Waals surface area contributed by atoms with Gasteiger partial charge in [-0.05, 0) is 37.2 Å². The Morgan fingerprint density at radius 2 is 2.16 bits per heavy atom. The highest BCUT2D eigenvalue weighted by Crippen LogP contribution is 2.37. The SMILES string of the molecule is C=CCNC(=NCC(=O)N(C)C)NC1CCOC2(CCSCC2)C1.I. The lowest BCUT2D eigenvalue weighted by atomic mass is 9.85. The van der Waals surface area contributed by atoms with Gasteiger partial charge in [0.1, 0.15) is 6.54 Å². The lowest BCUT2D eigenvalue weighted by molar-refractivity contribution is -0.127. The van der Waals surface area contributed by atoms with Crippen LogP contribution in [-0.4, -0.2) is 73.7 Å². The molecule has 25 heavy (non-hydrogen) atoms. The van der Waals surface area contributed by atoms with Crippen LogP contribution in [0.5, 0.6) is 0 Å². The number of guanidine groups is 1. The van der Waals surface area contributed by atoms with Crippen LogP contribution in [0.1, 0.15) is 25.7 Å². The molecule has 2 heterocycles. The van der Waals surface area contributed by atoms with Crippen molar-refractivity contribution in [2.24, 2.45) is 4.99 Å². The molecule has 2 N–H and O–H groups in total. The van der Waals surface area contributed by atoms with E-state index in [4.69, 9.17) is 4.74 Å². The highest BCUT2D eigenvalue weighted by Gasteiger charge is 2.38. The predicted octanol–water partition coefficient (Wildman–Crippen LogP) is 1.86. The molecule has 1 unspecified atom stereocenters. The molecule has 0 bridgehead atoms. The summed E-state index contributed by atoms with van der Waals surface area (Å²) < 4.78 is 6.14. The summed E-state index contributed by atoms with van der Waals surface area (Å²) in [5.74, 6) is 3.03. The van der Waals surface area contributed by atoms with Crippen LogP contribution < -0.4 is 10.6 Å². The molecular weight excluding hydrogens is 451 g/mol. The van der Waals surface area contributed by atoms with Gasteiger partial charge in [0.15, 0.2) is 5.96 Å². The summed E-state index contributed by atoms with van der Waals surface area (Å²) in [6.45, 7) is 5.28. The van der Waals surface area contributed by atoms with Gasteiger partial charge in [-0.15, -0.1) is 30.6 Å². The zero-order valence-electron chi connectivity index (χ0n) is 15.3. The van der Waals surface area contributed by atoms with E-state index >= 15 is 0 Å². The maximum atomic E-state index is 11.8. The molecule has 2 fully saturated rings. The second-order valence-corrected chi connectivity index (χ2v) is 7.83. The molecule has 1 spiro atoms. The fourth-order valence-electron chi connectivity index (χ4n) is 3.05. The molecule has 2 aliphatic rings. The van der Waals surface area contributed by atoms with Gasteiger partial charge < -0.3 is 20.3 Å². The number of nitrogens with one attached hydrogen (secondary N) is 2. The molecule has 6 nitrogen and oxygen atoms in total. The number of nitrogens with zero attached hydrogens (tertiary/aromatic N) is 2. The molecular formula is C17H31IN4O2S. The van der Waals surface area contributed by atoms with E-state index in [-0.39, 0.29) is 42.0 Å². The van der Waals surface area contributed by atoms with Crippen LogP contribution in [-0.2, 0) is 9.53 Å². The minimum Gasteiger partial charge on any atom is -0.375 e. The Bertz CT molecular complexity index is 462. The van der Waals surface area contributed by atoms with Crippen molar-refractivity contribution in [2.45, 2.75) is 37.3 Å².